The van der Waals surface area contributed by atoms with E-state index < -0.39 is 0 Å². The lowest BCUT2D eigenvalue weighted by Gasteiger charge is -2.16. The van der Waals surface area contributed by atoms with Crippen LogP contribution in [-0.2, 0) is 14.3 Å². The van der Waals surface area contributed by atoms with Crippen LogP contribution in [0.1, 0.15) is 83.3 Å². The summed E-state index contributed by atoms with van der Waals surface area (Å²) in [5.74, 6) is 1.83. The fourth-order valence-corrected chi connectivity index (χ4v) is 7.71. The Labute approximate surface area is 268 Å². The number of carbonyl (C=O) groups is 3. The molecule has 4 amide bonds. The quantitative estimate of drug-likeness (QED) is 0.0978. The normalized spacial score (nSPS) is 23.9. The topological polar surface area (TPSA) is 184 Å². The summed E-state index contributed by atoms with van der Waals surface area (Å²) in [5.41, 5.74) is 0.703. The van der Waals surface area contributed by atoms with Crippen molar-refractivity contribution in [2.45, 2.75) is 107 Å². The molecule has 0 saturated carbocycles. The molecule has 0 spiro atoms. The largest absolute Gasteiger partial charge is 0.394 e. The number of ether oxygens (including phenoxy) is 1. The number of unbranched alkanes of at least 4 members (excludes halogenated alkanes) is 4. The zero-order valence-electron chi connectivity index (χ0n) is 25.8. The van der Waals surface area contributed by atoms with E-state index in [2.05, 4.69) is 41.7 Å². The van der Waals surface area contributed by atoms with Gasteiger partial charge in [-0.1, -0.05) is 12.8 Å². The second-order valence-corrected chi connectivity index (χ2v) is 13.3. The number of rotatable bonds is 19. The monoisotopic (exact) mass is 645 g/mol. The molecule has 2 aromatic heterocycles. The molecule has 0 aliphatic carbocycles. The van der Waals surface area contributed by atoms with Gasteiger partial charge in [-0.2, -0.15) is 16.9 Å². The van der Waals surface area contributed by atoms with Gasteiger partial charge in [-0.15, -0.1) is 0 Å². The van der Waals surface area contributed by atoms with Crippen molar-refractivity contribution in [1.29, 1.82) is 0 Å². The maximum absolute atomic E-state index is 12.2. The number of nitrogens with zero attached hydrogens (tertiary/aromatic N) is 4. The molecule has 0 bridgehead atoms. The number of aliphatic hydroxyl groups is 1. The maximum Gasteiger partial charge on any atom is 0.315 e. The van der Waals surface area contributed by atoms with Gasteiger partial charge in [-0.05, 0) is 51.4 Å². The third-order valence-corrected chi connectivity index (χ3v) is 10.2. The molecule has 6 N–H and O–H groups in total. The molecule has 0 aromatic carbocycles. The molecule has 14 nitrogen and oxygen atoms in total. The first-order valence-electron chi connectivity index (χ1n) is 16.4. The van der Waals surface area contributed by atoms with Crippen molar-refractivity contribution in [3.05, 3.63) is 12.5 Å². The van der Waals surface area contributed by atoms with E-state index in [0.717, 1.165) is 81.2 Å². The second kappa shape index (κ2) is 16.9. The maximum atomic E-state index is 12.2. The SMILES string of the molecule is O=C(CCCCCNC(=O)CCCCC1SC[C@@H]2NC(=O)N[C@H]12)NCCCCNc1ncnc2c1cnn2[C@@H]1CC[C@@H](CO)O1. The molecule has 1 unspecified atom stereocenters. The van der Waals surface area contributed by atoms with E-state index in [4.69, 9.17) is 4.74 Å². The Bertz CT molecular complexity index is 1280. The van der Waals surface area contributed by atoms with E-state index in [1.807, 2.05) is 11.8 Å². The van der Waals surface area contributed by atoms with Crippen LogP contribution in [0.15, 0.2) is 12.5 Å². The van der Waals surface area contributed by atoms with Crippen LogP contribution in [0, 0.1) is 0 Å². The lowest BCUT2D eigenvalue weighted by atomic mass is 10.0. The van der Waals surface area contributed by atoms with Gasteiger partial charge < -0.3 is 36.4 Å². The van der Waals surface area contributed by atoms with Crippen molar-refractivity contribution in [2.24, 2.45) is 0 Å². The molecule has 5 rings (SSSR count). The van der Waals surface area contributed by atoms with Crippen LogP contribution in [0.25, 0.3) is 11.0 Å². The summed E-state index contributed by atoms with van der Waals surface area (Å²) in [7, 11) is 0. The zero-order chi connectivity index (χ0) is 31.4. The minimum atomic E-state index is -0.231. The highest BCUT2D eigenvalue weighted by Crippen LogP contribution is 2.33. The van der Waals surface area contributed by atoms with E-state index in [9.17, 15) is 19.5 Å². The van der Waals surface area contributed by atoms with Gasteiger partial charge in [-0.25, -0.2) is 19.4 Å². The average molecular weight is 646 g/mol. The van der Waals surface area contributed by atoms with Gasteiger partial charge in [0.25, 0.3) is 0 Å². The highest BCUT2D eigenvalue weighted by molar-refractivity contribution is 8.00. The number of fused-ring (bicyclic) bond motifs is 2. The average Bonchev–Trinajstić information content (AvgIpc) is 3.83. The Hall–Kier alpha value is -3.17. The minimum Gasteiger partial charge on any atom is -0.394 e. The van der Waals surface area contributed by atoms with Crippen molar-refractivity contribution in [3.8, 4) is 0 Å². The molecule has 3 aliphatic heterocycles. The molecular formula is C30H47N9O5S. The molecule has 3 fully saturated rings. The van der Waals surface area contributed by atoms with Crippen LogP contribution >= 0.6 is 11.8 Å². The summed E-state index contributed by atoms with van der Waals surface area (Å²) in [5, 5.41) is 30.4. The van der Waals surface area contributed by atoms with E-state index in [1.165, 1.54) is 6.33 Å². The Balaban J connectivity index is 0.838. The third kappa shape index (κ3) is 9.42. The van der Waals surface area contributed by atoms with E-state index in [0.29, 0.717) is 43.4 Å². The van der Waals surface area contributed by atoms with Gasteiger partial charge in [0.15, 0.2) is 11.9 Å². The molecule has 248 valence electrons. The zero-order valence-corrected chi connectivity index (χ0v) is 26.7. The van der Waals surface area contributed by atoms with Gasteiger partial charge in [0, 0.05) is 43.5 Å². The summed E-state index contributed by atoms with van der Waals surface area (Å²) in [4.78, 5) is 44.6. The van der Waals surface area contributed by atoms with E-state index >= 15 is 0 Å². The predicted octanol–water partition coefficient (Wildman–Crippen LogP) is 2.21. The predicted molar refractivity (Wildman–Crippen MR) is 172 cm³/mol. The first-order chi connectivity index (χ1) is 22.0. The molecule has 5 atom stereocenters. The minimum absolute atomic E-state index is 0.00474. The van der Waals surface area contributed by atoms with Gasteiger partial charge in [0.05, 0.1) is 36.4 Å². The number of carbonyl (C=O) groups excluding carboxylic acids is 3. The number of aromatic nitrogens is 4. The highest BCUT2D eigenvalue weighted by atomic mass is 32.2. The van der Waals surface area contributed by atoms with Crippen LogP contribution in [0.4, 0.5) is 10.6 Å². The fourth-order valence-electron chi connectivity index (χ4n) is 6.17. The number of anilines is 1. The number of nitrogens with one attached hydrogen (secondary N) is 5. The fraction of sp³-hybridized carbons (Fsp3) is 0.733. The van der Waals surface area contributed by atoms with Crippen LogP contribution < -0.4 is 26.6 Å². The Morgan fingerprint density at radius 1 is 0.978 bits per heavy atom. The number of hydrogen-bond acceptors (Lipinski definition) is 10. The number of amides is 4. The summed E-state index contributed by atoms with van der Waals surface area (Å²) in [6.45, 7) is 1.99. The lowest BCUT2D eigenvalue weighted by molar-refractivity contribution is -0.122. The molecule has 2 aromatic rings. The van der Waals surface area contributed by atoms with Gasteiger partial charge >= 0.3 is 6.03 Å². The molecule has 3 saturated heterocycles. The summed E-state index contributed by atoms with van der Waals surface area (Å²) in [6, 6.07) is 0.413. The Morgan fingerprint density at radius 2 is 1.73 bits per heavy atom. The van der Waals surface area contributed by atoms with Crippen LogP contribution in [0.3, 0.4) is 0 Å². The first-order valence-corrected chi connectivity index (χ1v) is 17.5. The molecule has 0 radical (unpaired) electrons. The second-order valence-electron chi connectivity index (χ2n) is 12.0. The van der Waals surface area contributed by atoms with Crippen molar-refractivity contribution in [1.82, 2.24) is 41.0 Å². The number of aliphatic hydroxyl groups excluding tert-OH is 1. The third-order valence-electron chi connectivity index (χ3n) is 8.65. The molecular weight excluding hydrogens is 598 g/mol. The summed E-state index contributed by atoms with van der Waals surface area (Å²) < 4.78 is 7.60. The molecule has 45 heavy (non-hydrogen) atoms. The molecule has 5 heterocycles. The lowest BCUT2D eigenvalue weighted by Crippen LogP contribution is -2.36. The van der Waals surface area contributed by atoms with Crippen LogP contribution in [0.5, 0.6) is 0 Å². The van der Waals surface area contributed by atoms with Crippen molar-refractivity contribution >= 4 is 46.5 Å². The number of urea groups is 1. The van der Waals surface area contributed by atoms with Gasteiger partial charge in [-0.3, -0.25) is 9.59 Å². The first kappa shape index (κ1) is 33.2. The summed E-state index contributed by atoms with van der Waals surface area (Å²) in [6.07, 6.45) is 12.6. The highest BCUT2D eigenvalue weighted by Gasteiger charge is 2.42. The summed E-state index contributed by atoms with van der Waals surface area (Å²) >= 11 is 1.91. The van der Waals surface area contributed by atoms with Crippen LogP contribution in [0.2, 0.25) is 0 Å². The molecule has 3 aliphatic rings. The van der Waals surface area contributed by atoms with E-state index in [1.54, 1.807) is 10.9 Å². The molecule has 15 heteroatoms. The van der Waals surface area contributed by atoms with Crippen LogP contribution in [-0.4, -0.2) is 98.1 Å². The standard InChI is InChI=1S/C30H47N9O5S/c40-17-20-11-12-26(44-20)39-29-21(16-36-39)28(34-19-35-29)33-15-7-6-14-32-24(41)9-2-1-5-13-31-25(42)10-4-3-8-23-27-22(18-45-23)37-30(43)38-27/h16,19-20,22-23,26-27,40H,1-15,17-18H2,(H,31,42)(H,32,41)(H,33,34,35)(H2,37,38,43)/t20-,22-,23?,26-,27-/m0/s1. The number of thioether (sulfide) groups is 1. The smallest absolute Gasteiger partial charge is 0.315 e. The van der Waals surface area contributed by atoms with Gasteiger partial charge in [0.2, 0.25) is 11.8 Å². The Morgan fingerprint density at radius 3 is 2.51 bits per heavy atom. The van der Waals surface area contributed by atoms with Gasteiger partial charge in [0.1, 0.15) is 12.1 Å². The van der Waals surface area contributed by atoms with Crippen molar-refractivity contribution < 1.29 is 24.2 Å². The van der Waals surface area contributed by atoms with Crippen molar-refractivity contribution in [2.75, 3.05) is 37.3 Å². The Kier molecular flexibility index (Phi) is 12.5. The number of hydrogen-bond donors (Lipinski definition) is 6. The van der Waals surface area contributed by atoms with E-state index in [-0.39, 0.29) is 48.9 Å². The van der Waals surface area contributed by atoms with Crippen molar-refractivity contribution in [3.63, 3.8) is 0 Å².